The van der Waals surface area contributed by atoms with Crippen molar-refractivity contribution >= 4 is 23.5 Å². The monoisotopic (exact) mass is 779 g/mol. The van der Waals surface area contributed by atoms with Crippen molar-refractivity contribution in [3.8, 4) is 5.75 Å². The first-order valence-electron chi connectivity index (χ1n) is 20.5. The van der Waals surface area contributed by atoms with E-state index in [1.54, 1.807) is 13.0 Å². The average Bonchev–Trinajstić information content (AvgIpc) is 3.93. The molecule has 12 heteroatoms. The van der Waals surface area contributed by atoms with Gasteiger partial charge in [-0.05, 0) is 88.8 Å². The maximum Gasteiger partial charge on any atom is 0.303 e. The minimum absolute atomic E-state index is 0.0250. The van der Waals surface area contributed by atoms with Crippen molar-refractivity contribution in [2.24, 2.45) is 11.0 Å². The van der Waals surface area contributed by atoms with Crippen LogP contribution in [0.2, 0.25) is 0 Å². The molecule has 1 spiro atoms. The number of benzene rings is 1. The second kappa shape index (κ2) is 22.2. The third kappa shape index (κ3) is 14.6. The van der Waals surface area contributed by atoms with E-state index in [1.807, 2.05) is 57.2 Å². The quantitative estimate of drug-likeness (QED) is 0.0251. The van der Waals surface area contributed by atoms with E-state index in [-0.39, 0.29) is 42.4 Å². The van der Waals surface area contributed by atoms with Gasteiger partial charge in [-0.25, -0.2) is 5.43 Å². The lowest BCUT2D eigenvalue weighted by Gasteiger charge is -2.39. The summed E-state index contributed by atoms with van der Waals surface area (Å²) in [6.07, 6.45) is 15.4. The van der Waals surface area contributed by atoms with Crippen LogP contribution >= 0.6 is 0 Å². The fraction of sp³-hybridized carbons (Fsp3) is 0.636. The van der Waals surface area contributed by atoms with Crippen LogP contribution in [0.3, 0.4) is 0 Å². The predicted molar refractivity (Wildman–Crippen MR) is 216 cm³/mol. The summed E-state index contributed by atoms with van der Waals surface area (Å²) in [6.45, 7) is 14.3. The van der Waals surface area contributed by atoms with Crippen LogP contribution in [0.15, 0.2) is 65.3 Å². The number of aliphatic hydroxyl groups excluding tert-OH is 1. The van der Waals surface area contributed by atoms with E-state index < -0.39 is 36.0 Å². The molecule has 310 valence electrons. The van der Waals surface area contributed by atoms with Gasteiger partial charge in [0.15, 0.2) is 0 Å². The average molecular weight is 780 g/mol. The number of nitrogens with zero attached hydrogens (tertiary/aromatic N) is 1. The molecule has 56 heavy (non-hydrogen) atoms. The molecule has 0 unspecified atom stereocenters. The zero-order chi connectivity index (χ0) is 40.7. The number of amides is 2. The van der Waals surface area contributed by atoms with Crippen molar-refractivity contribution in [2.45, 2.75) is 161 Å². The number of rotatable bonds is 20. The van der Waals surface area contributed by atoms with Crippen LogP contribution in [0.25, 0.3) is 0 Å². The van der Waals surface area contributed by atoms with Gasteiger partial charge in [0.05, 0.1) is 49.7 Å². The fourth-order valence-electron chi connectivity index (χ4n) is 7.21. The van der Waals surface area contributed by atoms with Crippen LogP contribution in [0.1, 0.15) is 118 Å². The van der Waals surface area contributed by atoms with Gasteiger partial charge in [-0.2, -0.15) is 5.10 Å². The molecule has 12 nitrogen and oxygen atoms in total. The number of esters is 1. The molecule has 2 amide bonds. The first kappa shape index (κ1) is 44.9. The van der Waals surface area contributed by atoms with Crippen LogP contribution in [0.4, 0.5) is 0 Å². The molecule has 3 heterocycles. The summed E-state index contributed by atoms with van der Waals surface area (Å²) >= 11 is 0. The molecule has 3 N–H and O–H groups in total. The molecule has 0 saturated carbocycles. The topological polar surface area (TPSA) is 157 Å². The summed E-state index contributed by atoms with van der Waals surface area (Å²) in [5, 5.41) is 18.4. The van der Waals surface area contributed by atoms with Gasteiger partial charge in [0.25, 0.3) is 0 Å². The molecule has 0 bridgehead atoms. The van der Waals surface area contributed by atoms with Crippen molar-refractivity contribution < 1.29 is 43.2 Å². The van der Waals surface area contributed by atoms with Crippen molar-refractivity contribution in [3.63, 3.8) is 0 Å². The van der Waals surface area contributed by atoms with E-state index in [9.17, 15) is 19.5 Å². The number of hydrazone groups is 1. The third-order valence-electron chi connectivity index (χ3n) is 10.7. The number of carbonyl (C=O) groups excluding carboxylic acids is 3. The Bertz CT molecular complexity index is 1550. The lowest BCUT2D eigenvalue weighted by atomic mass is 9.87. The number of nitrogens with one attached hydrogen (secondary N) is 2. The number of hydrogen-bond acceptors (Lipinski definition) is 10. The van der Waals surface area contributed by atoms with Gasteiger partial charge in [-0.15, -0.1) is 0 Å². The summed E-state index contributed by atoms with van der Waals surface area (Å²) < 4.78 is 29.2. The van der Waals surface area contributed by atoms with E-state index in [0.717, 1.165) is 29.7 Å². The summed E-state index contributed by atoms with van der Waals surface area (Å²) in [6, 6.07) is 7.59. The first-order valence-corrected chi connectivity index (χ1v) is 20.5. The highest BCUT2D eigenvalue weighted by Gasteiger charge is 2.58. The first-order chi connectivity index (χ1) is 26.8. The molecular formula is C44H65N3O9. The fourth-order valence-corrected chi connectivity index (χ4v) is 7.21. The van der Waals surface area contributed by atoms with E-state index in [1.165, 1.54) is 45.1 Å². The van der Waals surface area contributed by atoms with Crippen LogP contribution in [0, 0.1) is 5.92 Å². The molecule has 0 radical (unpaired) electrons. The van der Waals surface area contributed by atoms with Gasteiger partial charge in [-0.1, -0.05) is 69.8 Å². The Balaban J connectivity index is 1.22. The maximum absolute atomic E-state index is 13.0. The second-order valence-corrected chi connectivity index (χ2v) is 15.7. The number of epoxide rings is 1. The number of ether oxygens (including phenoxy) is 5. The minimum Gasteiger partial charge on any atom is -0.494 e. The van der Waals surface area contributed by atoms with Crippen molar-refractivity contribution in [1.82, 2.24) is 10.7 Å². The minimum atomic E-state index is -0.849. The molecule has 3 saturated heterocycles. The number of unbranched alkanes of at least 4 members (excludes halogenated alkanes) is 5. The summed E-state index contributed by atoms with van der Waals surface area (Å²) in [5.74, 6) is 0.0875. The maximum atomic E-state index is 13.0. The Morgan fingerprint density at radius 1 is 1.04 bits per heavy atom. The molecule has 0 aliphatic carbocycles. The van der Waals surface area contributed by atoms with Gasteiger partial charge in [-0.3, -0.25) is 14.4 Å². The molecule has 1 aromatic carbocycles. The molecule has 1 aromatic rings. The highest BCUT2D eigenvalue weighted by atomic mass is 16.6. The van der Waals surface area contributed by atoms with E-state index in [0.29, 0.717) is 31.8 Å². The number of aliphatic hydroxyl groups is 1. The Labute approximate surface area is 333 Å². The van der Waals surface area contributed by atoms with E-state index in [2.05, 4.69) is 35.8 Å². The van der Waals surface area contributed by atoms with Crippen LogP contribution in [-0.4, -0.2) is 90.1 Å². The van der Waals surface area contributed by atoms with E-state index in [4.69, 9.17) is 23.7 Å². The largest absolute Gasteiger partial charge is 0.494 e. The lowest BCUT2D eigenvalue weighted by Crippen LogP contribution is -2.50. The smallest absolute Gasteiger partial charge is 0.303 e. The Morgan fingerprint density at radius 2 is 1.75 bits per heavy atom. The number of hydrogen-bond donors (Lipinski definition) is 3. The van der Waals surface area contributed by atoms with Crippen LogP contribution < -0.4 is 15.5 Å². The van der Waals surface area contributed by atoms with Crippen molar-refractivity contribution in [2.75, 3.05) is 13.2 Å². The van der Waals surface area contributed by atoms with E-state index >= 15 is 0 Å². The summed E-state index contributed by atoms with van der Waals surface area (Å²) in [7, 11) is 0. The third-order valence-corrected chi connectivity index (χ3v) is 10.7. The molecule has 9 atom stereocenters. The molecule has 3 aliphatic heterocycles. The lowest BCUT2D eigenvalue weighted by molar-refractivity contribution is -0.145. The Morgan fingerprint density at radius 3 is 2.45 bits per heavy atom. The number of carbonyl (C=O) groups is 3. The predicted octanol–water partition coefficient (Wildman–Crippen LogP) is 6.64. The highest BCUT2D eigenvalue weighted by Crippen LogP contribution is 2.43. The number of allylic oxidation sites excluding steroid dienone is 2. The van der Waals surface area contributed by atoms with Crippen molar-refractivity contribution in [1.29, 1.82) is 0 Å². The second-order valence-electron chi connectivity index (χ2n) is 15.7. The highest BCUT2D eigenvalue weighted by molar-refractivity contribution is 5.99. The van der Waals surface area contributed by atoms with Gasteiger partial charge >= 0.3 is 5.97 Å². The standard InChI is InChI=1S/C44H65N3O9/c1-8-9-10-11-12-13-24-52-36-19-17-35(18-20-36)32(5)46-47-42(50)26-37-27-44(28-53-44)43(51)40(56-37)22-15-29(2)14-21-39-30(3)25-38(33(6)55-39)45-41(49)23-16-31(4)54-34(7)48/h14-20,22-23,30-31,33,37-40,43,51H,8-13,21,24-28H2,1-7H3,(H,45,49)(H,47,50)/b22-15+,23-16-,29-14+,46-32+/t30-,31-,33+,37+,38+,39-,40+,43+,44+/m0/s1. The van der Waals surface area contributed by atoms with Crippen LogP contribution in [-0.2, 0) is 33.3 Å². The molecule has 0 aromatic heterocycles. The van der Waals surface area contributed by atoms with Crippen LogP contribution in [0.5, 0.6) is 5.75 Å². The van der Waals surface area contributed by atoms with Gasteiger partial charge < -0.3 is 34.1 Å². The van der Waals surface area contributed by atoms with Crippen molar-refractivity contribution in [3.05, 3.63) is 65.8 Å². The zero-order valence-corrected chi connectivity index (χ0v) is 34.5. The zero-order valence-electron chi connectivity index (χ0n) is 34.5. The Kier molecular flexibility index (Phi) is 17.8. The molecule has 4 rings (SSSR count). The SMILES string of the molecule is CCCCCCCCOc1ccc(/C(C)=N/NC(=O)C[C@@H]2C[C@@]3(CO3)[C@H](O)[C@@H](/C=C/C(C)=C/C[C@@H]3O[C@H](C)[C@H](NC(=O)/C=C\[C@H](C)OC(C)=O)C[C@@H]3C)O2)cc1. The Hall–Kier alpha value is -3.84. The normalized spacial score (nSPS) is 28.7. The summed E-state index contributed by atoms with van der Waals surface area (Å²) in [4.78, 5) is 36.5. The molecule has 3 aliphatic rings. The van der Waals surface area contributed by atoms with Gasteiger partial charge in [0.2, 0.25) is 11.8 Å². The molecule has 3 fully saturated rings. The van der Waals surface area contributed by atoms with Gasteiger partial charge in [0.1, 0.15) is 29.7 Å². The summed E-state index contributed by atoms with van der Waals surface area (Å²) in [5.41, 5.74) is 4.51. The van der Waals surface area contributed by atoms with Gasteiger partial charge in [0, 0.05) is 19.4 Å². The molecular weight excluding hydrogens is 714 g/mol.